The summed E-state index contributed by atoms with van der Waals surface area (Å²) < 4.78 is 0. The van der Waals surface area contributed by atoms with Crippen LogP contribution in [0, 0.1) is 5.41 Å². The maximum atomic E-state index is 8.56. The summed E-state index contributed by atoms with van der Waals surface area (Å²) in [6.07, 6.45) is 1.55. The number of nitrogens with one attached hydrogen (secondary N) is 1. The molecular weight excluding hydrogens is 188 g/mol. The lowest BCUT2D eigenvalue weighted by Gasteiger charge is -1.99. The maximum Gasteiger partial charge on any atom is 0.188 e. The number of nitrogen functional groups attached to an aromatic ring is 1. The van der Waals surface area contributed by atoms with Crippen molar-refractivity contribution in [3.8, 4) is 0 Å². The van der Waals surface area contributed by atoms with Crippen molar-refractivity contribution in [1.29, 1.82) is 5.41 Å². The zero-order chi connectivity index (χ0) is 9.68. The van der Waals surface area contributed by atoms with Crippen LogP contribution in [0.4, 0.5) is 0 Å². The van der Waals surface area contributed by atoms with Crippen LogP contribution in [0.1, 0.15) is 5.69 Å². The van der Waals surface area contributed by atoms with Crippen molar-refractivity contribution in [2.75, 3.05) is 12.4 Å². The lowest BCUT2D eigenvalue weighted by molar-refractivity contribution is 0.322. The largest absolute Gasteiger partial charge is 0.396 e. The van der Waals surface area contributed by atoms with Crippen LogP contribution in [0.25, 0.3) is 0 Å². The Morgan fingerprint density at radius 1 is 1.69 bits per heavy atom. The van der Waals surface area contributed by atoms with E-state index in [-0.39, 0.29) is 12.4 Å². The van der Waals surface area contributed by atoms with Crippen molar-refractivity contribution in [2.24, 2.45) is 5.73 Å². The Balaban J connectivity index is 2.73. The molecule has 6 heteroatoms. The van der Waals surface area contributed by atoms with E-state index in [1.54, 1.807) is 12.3 Å². The minimum Gasteiger partial charge on any atom is -0.396 e. The molecule has 0 spiro atoms. The van der Waals surface area contributed by atoms with Gasteiger partial charge in [-0.25, -0.2) is 9.97 Å². The van der Waals surface area contributed by atoms with E-state index in [4.69, 9.17) is 16.2 Å². The lowest BCUT2D eigenvalue weighted by Crippen LogP contribution is -2.13. The quantitative estimate of drug-likeness (QED) is 0.270. The number of nitrogens with two attached hydrogens (primary N) is 1. The average molecular weight is 198 g/mol. The Hall–Kier alpha value is -1.14. The maximum absolute atomic E-state index is 8.56. The monoisotopic (exact) mass is 198 g/mol. The number of aliphatic hydroxyl groups excluding tert-OH is 1. The molecule has 0 aliphatic carbocycles. The summed E-state index contributed by atoms with van der Waals surface area (Å²) in [5, 5.41) is 16.2. The SMILES string of the molecule is N=C(N)c1ccnc(SCCO)n1. The summed E-state index contributed by atoms with van der Waals surface area (Å²) in [5.41, 5.74) is 5.66. The van der Waals surface area contributed by atoms with Gasteiger partial charge >= 0.3 is 0 Å². The Morgan fingerprint density at radius 2 is 2.46 bits per heavy atom. The van der Waals surface area contributed by atoms with Crippen LogP contribution in [0.3, 0.4) is 0 Å². The molecule has 1 rings (SSSR count). The molecule has 0 aliphatic rings. The van der Waals surface area contributed by atoms with Gasteiger partial charge in [0.1, 0.15) is 11.5 Å². The van der Waals surface area contributed by atoms with E-state index in [2.05, 4.69) is 9.97 Å². The van der Waals surface area contributed by atoms with Crippen LogP contribution in [-0.4, -0.2) is 33.3 Å². The molecule has 70 valence electrons. The smallest absolute Gasteiger partial charge is 0.188 e. The molecule has 0 bridgehead atoms. The van der Waals surface area contributed by atoms with Crippen molar-refractivity contribution in [3.63, 3.8) is 0 Å². The number of nitrogens with zero attached hydrogens (tertiary/aromatic N) is 2. The third kappa shape index (κ3) is 3.00. The first-order chi connectivity index (χ1) is 6.24. The highest BCUT2D eigenvalue weighted by Crippen LogP contribution is 2.10. The molecule has 0 aliphatic heterocycles. The van der Waals surface area contributed by atoms with E-state index in [1.165, 1.54) is 11.8 Å². The van der Waals surface area contributed by atoms with Crippen molar-refractivity contribution in [3.05, 3.63) is 18.0 Å². The molecule has 1 heterocycles. The lowest BCUT2D eigenvalue weighted by atomic mass is 10.4. The third-order valence-electron chi connectivity index (χ3n) is 1.23. The highest BCUT2D eigenvalue weighted by Gasteiger charge is 2.01. The van der Waals surface area contributed by atoms with E-state index in [0.29, 0.717) is 16.6 Å². The second-order valence-electron chi connectivity index (χ2n) is 2.21. The van der Waals surface area contributed by atoms with E-state index < -0.39 is 0 Å². The van der Waals surface area contributed by atoms with Gasteiger partial charge in [0.15, 0.2) is 5.16 Å². The average Bonchev–Trinajstić information content (AvgIpc) is 2.15. The summed E-state index contributed by atoms with van der Waals surface area (Å²) in [6, 6.07) is 1.57. The first kappa shape index (κ1) is 9.94. The van der Waals surface area contributed by atoms with Gasteiger partial charge in [0.25, 0.3) is 0 Å². The molecule has 1 aromatic rings. The fourth-order valence-electron chi connectivity index (χ4n) is 0.697. The van der Waals surface area contributed by atoms with Gasteiger partial charge in [-0.3, -0.25) is 5.41 Å². The van der Waals surface area contributed by atoms with Gasteiger partial charge in [-0.15, -0.1) is 0 Å². The predicted molar refractivity (Wildman–Crippen MR) is 50.9 cm³/mol. The number of aromatic nitrogens is 2. The number of rotatable bonds is 4. The summed E-state index contributed by atoms with van der Waals surface area (Å²) >= 11 is 1.33. The van der Waals surface area contributed by atoms with E-state index in [9.17, 15) is 0 Å². The Kier molecular flexibility index (Phi) is 3.66. The summed E-state index contributed by atoms with van der Waals surface area (Å²) in [6.45, 7) is 0.0817. The number of thioether (sulfide) groups is 1. The molecule has 0 aromatic carbocycles. The third-order valence-corrected chi connectivity index (χ3v) is 2.07. The van der Waals surface area contributed by atoms with Gasteiger partial charge in [-0.2, -0.15) is 0 Å². The van der Waals surface area contributed by atoms with Crippen LogP contribution in [0.15, 0.2) is 17.4 Å². The van der Waals surface area contributed by atoms with Crippen molar-refractivity contribution in [2.45, 2.75) is 5.16 Å². The Morgan fingerprint density at radius 3 is 3.08 bits per heavy atom. The first-order valence-electron chi connectivity index (χ1n) is 3.65. The minimum absolute atomic E-state index is 0.0757. The second-order valence-corrected chi connectivity index (χ2v) is 3.27. The Labute approximate surface area is 79.9 Å². The van der Waals surface area contributed by atoms with Crippen LogP contribution < -0.4 is 5.73 Å². The number of aliphatic hydroxyl groups is 1. The van der Waals surface area contributed by atoms with Crippen molar-refractivity contribution >= 4 is 17.6 Å². The summed E-state index contributed by atoms with van der Waals surface area (Å²) in [4.78, 5) is 7.95. The number of hydrogen-bond acceptors (Lipinski definition) is 5. The summed E-state index contributed by atoms with van der Waals surface area (Å²) in [7, 11) is 0. The highest BCUT2D eigenvalue weighted by molar-refractivity contribution is 7.99. The molecule has 0 radical (unpaired) electrons. The second kappa shape index (κ2) is 4.78. The molecule has 0 saturated carbocycles. The predicted octanol–water partition coefficient (Wildman–Crippen LogP) is -0.155. The standard InChI is InChI=1S/C7H10N4OS/c8-6(9)5-1-2-10-7(11-5)13-4-3-12/h1-2,12H,3-4H2,(H3,8,9). The number of hydrogen-bond donors (Lipinski definition) is 3. The van der Waals surface area contributed by atoms with Crippen molar-refractivity contribution < 1.29 is 5.11 Å². The van der Waals surface area contributed by atoms with E-state index in [1.807, 2.05) is 0 Å². The zero-order valence-electron chi connectivity index (χ0n) is 6.90. The van der Waals surface area contributed by atoms with Gasteiger partial charge in [0.2, 0.25) is 0 Å². The van der Waals surface area contributed by atoms with E-state index >= 15 is 0 Å². The molecular formula is C7H10N4OS. The molecule has 0 atom stereocenters. The fourth-order valence-corrected chi connectivity index (χ4v) is 1.27. The molecule has 0 fully saturated rings. The molecule has 5 nitrogen and oxygen atoms in total. The van der Waals surface area contributed by atoms with Gasteiger partial charge < -0.3 is 10.8 Å². The van der Waals surface area contributed by atoms with Gasteiger partial charge in [-0.05, 0) is 6.07 Å². The highest BCUT2D eigenvalue weighted by atomic mass is 32.2. The molecule has 0 saturated heterocycles. The number of amidine groups is 1. The molecule has 0 unspecified atom stereocenters. The molecule has 4 N–H and O–H groups in total. The molecule has 0 amide bonds. The van der Waals surface area contributed by atoms with Gasteiger partial charge in [0.05, 0.1) is 6.61 Å². The normalized spacial score (nSPS) is 9.92. The van der Waals surface area contributed by atoms with Crippen LogP contribution >= 0.6 is 11.8 Å². The topological polar surface area (TPSA) is 95.9 Å². The van der Waals surface area contributed by atoms with Crippen LogP contribution in [0.2, 0.25) is 0 Å². The minimum atomic E-state index is -0.0757. The van der Waals surface area contributed by atoms with Crippen molar-refractivity contribution in [1.82, 2.24) is 9.97 Å². The molecule has 1 aromatic heterocycles. The first-order valence-corrected chi connectivity index (χ1v) is 4.63. The van der Waals surface area contributed by atoms with Crippen LogP contribution in [-0.2, 0) is 0 Å². The molecule has 13 heavy (non-hydrogen) atoms. The Bertz CT molecular complexity index is 304. The van der Waals surface area contributed by atoms with E-state index in [0.717, 1.165) is 0 Å². The van der Waals surface area contributed by atoms with Gasteiger partial charge in [0, 0.05) is 11.9 Å². The summed E-state index contributed by atoms with van der Waals surface area (Å²) in [5.74, 6) is 0.467. The van der Waals surface area contributed by atoms with Crippen LogP contribution in [0.5, 0.6) is 0 Å². The van der Waals surface area contributed by atoms with Gasteiger partial charge in [-0.1, -0.05) is 11.8 Å². The zero-order valence-corrected chi connectivity index (χ0v) is 7.71. The fraction of sp³-hybridized carbons (Fsp3) is 0.286.